The van der Waals surface area contributed by atoms with Crippen molar-refractivity contribution >= 4 is 11.8 Å². The molecule has 0 aromatic heterocycles. The maximum absolute atomic E-state index is 11.3. The number of rotatable bonds is 4. The lowest BCUT2D eigenvalue weighted by atomic mass is 10.1. The summed E-state index contributed by atoms with van der Waals surface area (Å²) in [5.74, 6) is -3.33. The number of benzene rings is 1. The second-order valence-corrected chi connectivity index (χ2v) is 2.83. The number of hydrogen-bond acceptors (Lipinski definition) is 5. The molecule has 86 valence electrons. The van der Waals surface area contributed by atoms with Gasteiger partial charge >= 0.3 is 5.97 Å². The number of ketones is 1. The molecule has 0 heterocycles. The zero-order valence-electron chi connectivity index (χ0n) is 8.68. The summed E-state index contributed by atoms with van der Waals surface area (Å²) in [6.07, 6.45) is 0. The number of carbonyl (C=O) groups excluding carboxylic acids is 1. The van der Waals surface area contributed by atoms with Crippen LogP contribution >= 0.6 is 0 Å². The summed E-state index contributed by atoms with van der Waals surface area (Å²) in [6, 6.07) is 2.53. The summed E-state index contributed by atoms with van der Waals surface area (Å²) >= 11 is 0. The van der Waals surface area contributed by atoms with Crippen LogP contribution in [0.3, 0.4) is 0 Å². The van der Waals surface area contributed by atoms with Gasteiger partial charge in [0.05, 0.1) is 14.2 Å². The van der Waals surface area contributed by atoms with Crippen LogP contribution in [-0.2, 0) is 4.79 Å². The highest BCUT2D eigenvalue weighted by Gasteiger charge is 2.26. The first kappa shape index (κ1) is 11.8. The van der Waals surface area contributed by atoms with Crippen molar-refractivity contribution in [1.29, 1.82) is 0 Å². The van der Waals surface area contributed by atoms with Crippen LogP contribution < -0.4 is 9.47 Å². The van der Waals surface area contributed by atoms with E-state index in [9.17, 15) is 14.7 Å². The predicted molar refractivity (Wildman–Crippen MR) is 53.2 cm³/mol. The third kappa shape index (κ3) is 1.90. The molecule has 0 spiro atoms. The summed E-state index contributed by atoms with van der Waals surface area (Å²) in [5, 5.41) is 18.0. The minimum atomic E-state index is -1.68. The molecule has 6 heteroatoms. The first-order chi connectivity index (χ1) is 7.52. The molecule has 1 aromatic carbocycles. The number of phenols is 1. The molecule has 0 amide bonds. The molecule has 16 heavy (non-hydrogen) atoms. The Bertz CT molecular complexity index is 437. The van der Waals surface area contributed by atoms with E-state index < -0.39 is 23.1 Å². The average Bonchev–Trinajstić information content (AvgIpc) is 2.27. The smallest absolute Gasteiger partial charge is 0.377 e. The van der Waals surface area contributed by atoms with Gasteiger partial charge in [0.25, 0.3) is 5.78 Å². The van der Waals surface area contributed by atoms with Crippen molar-refractivity contribution in [2.45, 2.75) is 0 Å². The molecule has 1 rings (SSSR count). The van der Waals surface area contributed by atoms with Crippen molar-refractivity contribution < 1.29 is 29.3 Å². The van der Waals surface area contributed by atoms with E-state index in [1.165, 1.54) is 20.3 Å². The van der Waals surface area contributed by atoms with Crippen molar-refractivity contribution in [3.8, 4) is 17.2 Å². The lowest BCUT2D eigenvalue weighted by molar-refractivity contribution is -0.131. The van der Waals surface area contributed by atoms with Crippen LogP contribution in [0.25, 0.3) is 0 Å². The zero-order chi connectivity index (χ0) is 12.3. The van der Waals surface area contributed by atoms with E-state index in [1.807, 2.05) is 0 Å². The molecule has 2 N–H and O–H groups in total. The van der Waals surface area contributed by atoms with Crippen LogP contribution in [0.4, 0.5) is 0 Å². The second-order valence-electron chi connectivity index (χ2n) is 2.83. The Kier molecular flexibility index (Phi) is 3.34. The van der Waals surface area contributed by atoms with Gasteiger partial charge in [0.15, 0.2) is 11.5 Å². The van der Waals surface area contributed by atoms with Gasteiger partial charge in [-0.1, -0.05) is 0 Å². The topological polar surface area (TPSA) is 93.1 Å². The Labute approximate surface area is 91.0 Å². The Morgan fingerprint density at radius 1 is 1.19 bits per heavy atom. The van der Waals surface area contributed by atoms with Gasteiger partial charge < -0.3 is 19.7 Å². The van der Waals surface area contributed by atoms with Crippen molar-refractivity contribution in [2.24, 2.45) is 0 Å². The monoisotopic (exact) mass is 226 g/mol. The number of phenolic OH excluding ortho intramolecular Hbond substituents is 1. The molecule has 0 bridgehead atoms. The van der Waals surface area contributed by atoms with E-state index >= 15 is 0 Å². The Morgan fingerprint density at radius 3 is 2.25 bits per heavy atom. The first-order valence-electron chi connectivity index (χ1n) is 4.24. The number of methoxy groups -OCH3 is 2. The zero-order valence-corrected chi connectivity index (χ0v) is 8.68. The summed E-state index contributed by atoms with van der Waals surface area (Å²) in [5.41, 5.74) is -0.422. The molecular weight excluding hydrogens is 216 g/mol. The van der Waals surface area contributed by atoms with Gasteiger partial charge in [0.2, 0.25) is 0 Å². The third-order valence-corrected chi connectivity index (χ3v) is 1.94. The van der Waals surface area contributed by atoms with Gasteiger partial charge in [0, 0.05) is 0 Å². The minimum absolute atomic E-state index is 0.102. The van der Waals surface area contributed by atoms with Crippen LogP contribution in [0.5, 0.6) is 17.2 Å². The van der Waals surface area contributed by atoms with Crippen molar-refractivity contribution in [1.82, 2.24) is 0 Å². The molecule has 1 aromatic rings. The Morgan fingerprint density at radius 2 is 1.81 bits per heavy atom. The van der Waals surface area contributed by atoms with Gasteiger partial charge in [-0.3, -0.25) is 4.79 Å². The number of Topliss-reactive ketones (excluding diaryl/α,β-unsaturated/α-hetero) is 1. The van der Waals surface area contributed by atoms with Crippen molar-refractivity contribution in [2.75, 3.05) is 14.2 Å². The fraction of sp³-hybridized carbons (Fsp3) is 0.200. The molecule has 0 unspecified atom stereocenters. The van der Waals surface area contributed by atoms with Crippen LogP contribution in [-0.4, -0.2) is 36.2 Å². The maximum atomic E-state index is 11.3. The molecular formula is C10H10O6. The lowest BCUT2D eigenvalue weighted by Crippen LogP contribution is -2.14. The van der Waals surface area contributed by atoms with E-state index in [0.29, 0.717) is 0 Å². The molecule has 0 saturated heterocycles. The van der Waals surface area contributed by atoms with E-state index in [2.05, 4.69) is 0 Å². The molecule has 0 saturated carbocycles. The van der Waals surface area contributed by atoms with Crippen LogP contribution in [0.15, 0.2) is 12.1 Å². The molecule has 0 aliphatic rings. The van der Waals surface area contributed by atoms with Gasteiger partial charge in [0.1, 0.15) is 11.3 Å². The van der Waals surface area contributed by atoms with E-state index in [4.69, 9.17) is 14.6 Å². The Hall–Kier alpha value is -2.24. The molecule has 0 atom stereocenters. The van der Waals surface area contributed by atoms with Gasteiger partial charge in [-0.15, -0.1) is 0 Å². The van der Waals surface area contributed by atoms with Gasteiger partial charge in [-0.05, 0) is 12.1 Å². The number of carbonyl (C=O) groups is 2. The number of aromatic hydroxyl groups is 1. The second kappa shape index (κ2) is 4.52. The minimum Gasteiger partial charge on any atom is -0.507 e. The average molecular weight is 226 g/mol. The van der Waals surface area contributed by atoms with Gasteiger partial charge in [-0.2, -0.15) is 0 Å². The SMILES string of the molecule is COc1ccc(O)c(C(=O)C(=O)O)c1OC. The van der Waals surface area contributed by atoms with E-state index in [-0.39, 0.29) is 11.5 Å². The number of carboxylic acid groups (broad SMARTS) is 1. The number of hydrogen-bond donors (Lipinski definition) is 2. The fourth-order valence-corrected chi connectivity index (χ4v) is 1.24. The summed E-state index contributed by atoms with van der Waals surface area (Å²) in [4.78, 5) is 21.9. The number of ether oxygens (including phenoxy) is 2. The third-order valence-electron chi connectivity index (χ3n) is 1.94. The molecule has 6 nitrogen and oxygen atoms in total. The maximum Gasteiger partial charge on any atom is 0.377 e. The van der Waals surface area contributed by atoms with E-state index in [0.717, 1.165) is 6.07 Å². The Balaban J connectivity index is 3.46. The van der Waals surface area contributed by atoms with Crippen molar-refractivity contribution in [3.05, 3.63) is 17.7 Å². The molecule has 0 fully saturated rings. The van der Waals surface area contributed by atoms with Gasteiger partial charge in [-0.25, -0.2) is 4.79 Å². The summed E-state index contributed by atoms with van der Waals surface area (Å²) in [6.45, 7) is 0. The highest BCUT2D eigenvalue weighted by Crippen LogP contribution is 2.36. The predicted octanol–water partition coefficient (Wildman–Crippen LogP) is 0.677. The number of aliphatic carboxylic acids is 1. The van der Waals surface area contributed by atoms with E-state index in [1.54, 1.807) is 0 Å². The quantitative estimate of drug-likeness (QED) is 0.579. The fourth-order valence-electron chi connectivity index (χ4n) is 1.24. The van der Waals surface area contributed by atoms with Crippen LogP contribution in [0.2, 0.25) is 0 Å². The van der Waals surface area contributed by atoms with Crippen molar-refractivity contribution in [3.63, 3.8) is 0 Å². The van der Waals surface area contributed by atoms with Crippen LogP contribution in [0.1, 0.15) is 10.4 Å². The highest BCUT2D eigenvalue weighted by molar-refractivity contribution is 6.41. The molecule has 0 radical (unpaired) electrons. The number of carboxylic acids is 1. The summed E-state index contributed by atoms with van der Waals surface area (Å²) in [7, 11) is 2.58. The highest BCUT2D eigenvalue weighted by atomic mass is 16.5. The molecule has 0 aliphatic carbocycles. The lowest BCUT2D eigenvalue weighted by Gasteiger charge is -2.11. The summed E-state index contributed by atoms with van der Waals surface area (Å²) < 4.78 is 9.73. The molecule has 0 aliphatic heterocycles. The standard InChI is InChI=1S/C10H10O6/c1-15-6-4-3-5(11)7(9(6)16-2)8(12)10(13)14/h3-4,11H,1-2H3,(H,13,14). The van der Waals surface area contributed by atoms with Crippen LogP contribution in [0, 0.1) is 0 Å². The largest absolute Gasteiger partial charge is 0.507 e. The normalized spacial score (nSPS) is 9.62. The first-order valence-corrected chi connectivity index (χ1v) is 4.24.